The van der Waals surface area contributed by atoms with Gasteiger partial charge in [-0.25, -0.2) is 4.79 Å². The molecule has 2 heterocycles. The monoisotopic (exact) mass is 241 g/mol. The SMILES string of the molecule is CN1CCC(Sc2ccc(C(=O)O)o2)C1=O. The summed E-state index contributed by atoms with van der Waals surface area (Å²) in [5, 5.41) is 9.00. The highest BCUT2D eigenvalue weighted by molar-refractivity contribution is 8.00. The van der Waals surface area contributed by atoms with E-state index in [9.17, 15) is 9.59 Å². The van der Waals surface area contributed by atoms with E-state index in [1.54, 1.807) is 18.0 Å². The van der Waals surface area contributed by atoms with Crippen molar-refractivity contribution in [3.8, 4) is 0 Å². The van der Waals surface area contributed by atoms with Crippen molar-refractivity contribution >= 4 is 23.6 Å². The second kappa shape index (κ2) is 4.21. The normalized spacial score (nSPS) is 20.4. The van der Waals surface area contributed by atoms with Crippen LogP contribution in [0.2, 0.25) is 0 Å². The molecular weight excluding hydrogens is 230 g/mol. The van der Waals surface area contributed by atoms with Crippen molar-refractivity contribution in [2.75, 3.05) is 13.6 Å². The fourth-order valence-corrected chi connectivity index (χ4v) is 2.61. The van der Waals surface area contributed by atoms with Gasteiger partial charge in [-0.05, 0) is 18.6 Å². The summed E-state index contributed by atoms with van der Waals surface area (Å²) in [4.78, 5) is 23.9. The molecule has 0 aliphatic carbocycles. The Balaban J connectivity index is 2.04. The summed E-state index contributed by atoms with van der Waals surface area (Å²) in [7, 11) is 1.76. The van der Waals surface area contributed by atoms with E-state index < -0.39 is 5.97 Å². The van der Waals surface area contributed by atoms with Gasteiger partial charge in [-0.3, -0.25) is 4.79 Å². The summed E-state index contributed by atoms with van der Waals surface area (Å²) in [6, 6.07) is 2.98. The number of thioether (sulfide) groups is 1. The molecule has 2 rings (SSSR count). The fraction of sp³-hybridized carbons (Fsp3) is 0.400. The second-order valence-electron chi connectivity index (χ2n) is 3.58. The van der Waals surface area contributed by atoms with Crippen LogP contribution in [-0.2, 0) is 4.79 Å². The highest BCUT2D eigenvalue weighted by Gasteiger charge is 2.30. The van der Waals surface area contributed by atoms with E-state index in [0.717, 1.165) is 13.0 Å². The van der Waals surface area contributed by atoms with Crippen LogP contribution in [0, 0.1) is 0 Å². The number of rotatable bonds is 3. The zero-order valence-electron chi connectivity index (χ0n) is 8.67. The minimum absolute atomic E-state index is 0.0678. The van der Waals surface area contributed by atoms with Crippen LogP contribution in [0.3, 0.4) is 0 Å². The molecule has 1 aliphatic rings. The van der Waals surface area contributed by atoms with E-state index in [1.165, 1.54) is 17.8 Å². The van der Waals surface area contributed by atoms with Gasteiger partial charge < -0.3 is 14.4 Å². The average Bonchev–Trinajstić information content (AvgIpc) is 2.81. The van der Waals surface area contributed by atoms with E-state index in [4.69, 9.17) is 9.52 Å². The number of carbonyl (C=O) groups is 2. The van der Waals surface area contributed by atoms with E-state index >= 15 is 0 Å². The van der Waals surface area contributed by atoms with Crippen molar-refractivity contribution in [2.45, 2.75) is 16.8 Å². The number of carboxylic acid groups (broad SMARTS) is 1. The maximum atomic E-state index is 11.6. The lowest BCUT2D eigenvalue weighted by atomic mass is 10.4. The minimum atomic E-state index is -1.10. The van der Waals surface area contributed by atoms with Crippen LogP contribution in [0.4, 0.5) is 0 Å². The molecule has 0 saturated carbocycles. The molecule has 1 saturated heterocycles. The van der Waals surface area contributed by atoms with Crippen molar-refractivity contribution < 1.29 is 19.1 Å². The molecule has 86 valence electrons. The summed E-state index contributed by atoms with van der Waals surface area (Å²) in [5.41, 5.74) is 0. The lowest BCUT2D eigenvalue weighted by Gasteiger charge is -2.07. The number of amides is 1. The zero-order valence-corrected chi connectivity index (χ0v) is 9.49. The largest absolute Gasteiger partial charge is 0.475 e. The van der Waals surface area contributed by atoms with Crippen molar-refractivity contribution in [1.29, 1.82) is 0 Å². The first-order chi connectivity index (χ1) is 7.58. The van der Waals surface area contributed by atoms with E-state index in [-0.39, 0.29) is 16.9 Å². The average molecular weight is 241 g/mol. The number of carbonyl (C=O) groups excluding carboxylic acids is 1. The van der Waals surface area contributed by atoms with Crippen LogP contribution in [0.25, 0.3) is 0 Å². The third-order valence-electron chi connectivity index (χ3n) is 2.43. The predicted octanol–water partition coefficient (Wildman–Crippen LogP) is 1.30. The molecule has 1 atom stereocenters. The quantitative estimate of drug-likeness (QED) is 0.863. The van der Waals surface area contributed by atoms with Crippen LogP contribution >= 0.6 is 11.8 Å². The molecule has 0 radical (unpaired) electrons. The lowest BCUT2D eigenvalue weighted by Crippen LogP contribution is -2.23. The summed E-state index contributed by atoms with van der Waals surface area (Å²) in [5.74, 6) is -1.12. The summed E-state index contributed by atoms with van der Waals surface area (Å²) < 4.78 is 5.08. The fourth-order valence-electron chi connectivity index (χ4n) is 1.54. The van der Waals surface area contributed by atoms with Gasteiger partial charge in [0, 0.05) is 13.6 Å². The molecule has 1 aromatic rings. The third-order valence-corrected chi connectivity index (χ3v) is 3.60. The Hall–Kier alpha value is -1.43. The second-order valence-corrected chi connectivity index (χ2v) is 4.79. The Morgan fingerprint density at radius 1 is 1.62 bits per heavy atom. The van der Waals surface area contributed by atoms with Gasteiger partial charge in [-0.1, -0.05) is 11.8 Å². The third kappa shape index (κ3) is 2.06. The van der Waals surface area contributed by atoms with Gasteiger partial charge in [0.05, 0.1) is 5.25 Å². The van der Waals surface area contributed by atoms with Gasteiger partial charge in [0.1, 0.15) is 0 Å². The molecule has 5 nitrogen and oxygen atoms in total. The number of hydrogen-bond donors (Lipinski definition) is 1. The molecule has 0 spiro atoms. The van der Waals surface area contributed by atoms with Gasteiger partial charge in [0.15, 0.2) is 5.09 Å². The summed E-state index contributed by atoms with van der Waals surface area (Å²) in [6.45, 7) is 0.739. The van der Waals surface area contributed by atoms with Crippen LogP contribution in [-0.4, -0.2) is 40.7 Å². The van der Waals surface area contributed by atoms with Crippen LogP contribution in [0.5, 0.6) is 0 Å². The number of carboxylic acids is 1. The molecule has 1 aromatic heterocycles. The number of nitrogens with zero attached hydrogens (tertiary/aromatic N) is 1. The van der Waals surface area contributed by atoms with Crippen molar-refractivity contribution in [3.05, 3.63) is 17.9 Å². The molecule has 1 N–H and O–H groups in total. The maximum absolute atomic E-state index is 11.6. The summed E-state index contributed by atoms with van der Waals surface area (Å²) in [6.07, 6.45) is 0.767. The van der Waals surface area contributed by atoms with Gasteiger partial charge in [-0.15, -0.1) is 0 Å². The molecule has 1 unspecified atom stereocenters. The Kier molecular flexibility index (Phi) is 2.91. The molecule has 16 heavy (non-hydrogen) atoms. The lowest BCUT2D eigenvalue weighted by molar-refractivity contribution is -0.126. The van der Waals surface area contributed by atoms with E-state index in [2.05, 4.69) is 0 Å². The molecule has 1 fully saturated rings. The first-order valence-corrected chi connectivity index (χ1v) is 5.70. The maximum Gasteiger partial charge on any atom is 0.371 e. The van der Waals surface area contributed by atoms with Crippen LogP contribution in [0.1, 0.15) is 17.0 Å². The first-order valence-electron chi connectivity index (χ1n) is 4.82. The van der Waals surface area contributed by atoms with Gasteiger partial charge in [0.25, 0.3) is 0 Å². The summed E-state index contributed by atoms with van der Waals surface area (Å²) >= 11 is 1.28. The smallest absolute Gasteiger partial charge is 0.371 e. The van der Waals surface area contributed by atoms with Gasteiger partial charge in [0.2, 0.25) is 11.7 Å². The van der Waals surface area contributed by atoms with E-state index in [1.807, 2.05) is 0 Å². The molecule has 0 bridgehead atoms. The predicted molar refractivity (Wildman–Crippen MR) is 57.6 cm³/mol. The minimum Gasteiger partial charge on any atom is -0.475 e. The van der Waals surface area contributed by atoms with Crippen LogP contribution < -0.4 is 0 Å². The van der Waals surface area contributed by atoms with Gasteiger partial charge >= 0.3 is 5.97 Å². The highest BCUT2D eigenvalue weighted by atomic mass is 32.2. The van der Waals surface area contributed by atoms with Crippen molar-refractivity contribution in [3.63, 3.8) is 0 Å². The molecule has 1 aliphatic heterocycles. The molecule has 0 aromatic carbocycles. The standard InChI is InChI=1S/C10H11NO4S/c1-11-5-4-7(9(11)12)16-8-3-2-6(15-8)10(13)14/h2-3,7H,4-5H2,1H3,(H,13,14). The molecule has 6 heteroatoms. The number of furan rings is 1. The van der Waals surface area contributed by atoms with E-state index in [0.29, 0.717) is 5.09 Å². The molecular formula is C10H11NO4S. The topological polar surface area (TPSA) is 70.8 Å². The number of likely N-dealkylation sites (tertiary alicyclic amines) is 1. The zero-order chi connectivity index (χ0) is 11.7. The number of aromatic carboxylic acids is 1. The van der Waals surface area contributed by atoms with Crippen molar-refractivity contribution in [1.82, 2.24) is 4.90 Å². The van der Waals surface area contributed by atoms with Crippen molar-refractivity contribution in [2.24, 2.45) is 0 Å². The molecule has 1 amide bonds. The van der Waals surface area contributed by atoms with Gasteiger partial charge in [-0.2, -0.15) is 0 Å². The first kappa shape index (κ1) is 11.1. The Bertz CT molecular complexity index is 428. The Labute approximate surface area is 96.4 Å². The van der Waals surface area contributed by atoms with Crippen LogP contribution in [0.15, 0.2) is 21.6 Å². The Morgan fingerprint density at radius 2 is 2.38 bits per heavy atom. The Morgan fingerprint density at radius 3 is 2.88 bits per heavy atom. The number of hydrogen-bond acceptors (Lipinski definition) is 4. The highest BCUT2D eigenvalue weighted by Crippen LogP contribution is 2.31.